The van der Waals surface area contributed by atoms with E-state index in [1.807, 2.05) is 18.2 Å². The summed E-state index contributed by atoms with van der Waals surface area (Å²) in [7, 11) is 1.61. The Morgan fingerprint density at radius 3 is 2.65 bits per heavy atom. The third kappa shape index (κ3) is 5.36. The molecule has 2 N–H and O–H groups in total. The normalized spacial score (nSPS) is 11.9. The summed E-state index contributed by atoms with van der Waals surface area (Å²) in [6.45, 7) is 3.78. The quantitative estimate of drug-likeness (QED) is 0.739. The highest BCUT2D eigenvalue weighted by atomic mass is 16.5. The van der Waals surface area contributed by atoms with E-state index < -0.39 is 0 Å². The number of hydrogen-bond acceptors (Lipinski definition) is 2. The lowest BCUT2D eigenvalue weighted by atomic mass is 10.0. The number of hydrogen-bond donors (Lipinski definition) is 2. The molecule has 4 heteroatoms. The zero-order valence-corrected chi connectivity index (χ0v) is 10.4. The van der Waals surface area contributed by atoms with E-state index in [2.05, 4.69) is 29.7 Å². The smallest absolute Gasteiger partial charge is 0.314 e. The van der Waals surface area contributed by atoms with Crippen molar-refractivity contribution in [3.8, 4) is 0 Å². The number of carbonyl (C=O) groups excluding carboxylic acids is 1. The van der Waals surface area contributed by atoms with Crippen LogP contribution in [0.25, 0.3) is 0 Å². The van der Waals surface area contributed by atoms with Crippen molar-refractivity contribution in [3.63, 3.8) is 0 Å². The Morgan fingerprint density at radius 1 is 1.29 bits per heavy atom. The van der Waals surface area contributed by atoms with E-state index in [-0.39, 0.29) is 6.03 Å². The predicted molar refractivity (Wildman–Crippen MR) is 68.1 cm³/mol. The van der Waals surface area contributed by atoms with Crippen molar-refractivity contribution >= 4 is 6.03 Å². The Labute approximate surface area is 102 Å². The average molecular weight is 236 g/mol. The van der Waals surface area contributed by atoms with Gasteiger partial charge in [0.25, 0.3) is 0 Å². The van der Waals surface area contributed by atoms with Gasteiger partial charge < -0.3 is 15.4 Å². The van der Waals surface area contributed by atoms with Gasteiger partial charge in [-0.05, 0) is 11.5 Å². The van der Waals surface area contributed by atoms with Gasteiger partial charge >= 0.3 is 6.03 Å². The molecule has 1 atom stereocenters. The van der Waals surface area contributed by atoms with Crippen LogP contribution in [0.4, 0.5) is 4.79 Å². The summed E-state index contributed by atoms with van der Waals surface area (Å²) in [5.74, 6) is 0.310. The average Bonchev–Trinajstić information content (AvgIpc) is 2.37. The first-order valence-electron chi connectivity index (χ1n) is 5.79. The fourth-order valence-electron chi connectivity index (χ4n) is 1.47. The zero-order valence-electron chi connectivity index (χ0n) is 10.4. The van der Waals surface area contributed by atoms with E-state index in [4.69, 9.17) is 4.74 Å². The highest BCUT2D eigenvalue weighted by Crippen LogP contribution is 2.12. The number of ether oxygens (including phenoxy) is 1. The zero-order chi connectivity index (χ0) is 12.5. The van der Waals surface area contributed by atoms with E-state index in [9.17, 15) is 4.79 Å². The van der Waals surface area contributed by atoms with Crippen molar-refractivity contribution in [2.75, 3.05) is 26.8 Å². The summed E-state index contributed by atoms with van der Waals surface area (Å²) in [6, 6.07) is 9.98. The van der Waals surface area contributed by atoms with Crippen LogP contribution in [0.1, 0.15) is 18.4 Å². The van der Waals surface area contributed by atoms with E-state index in [1.165, 1.54) is 5.56 Å². The van der Waals surface area contributed by atoms with E-state index in [0.717, 1.165) is 0 Å². The van der Waals surface area contributed by atoms with Crippen molar-refractivity contribution in [3.05, 3.63) is 35.9 Å². The Hall–Kier alpha value is -1.55. The lowest BCUT2D eigenvalue weighted by molar-refractivity contribution is 0.196. The molecule has 2 amide bonds. The number of nitrogens with one attached hydrogen (secondary N) is 2. The van der Waals surface area contributed by atoms with E-state index in [0.29, 0.717) is 25.6 Å². The Morgan fingerprint density at radius 2 is 2.00 bits per heavy atom. The Kier molecular flexibility index (Phi) is 6.10. The molecule has 0 spiro atoms. The van der Waals surface area contributed by atoms with Gasteiger partial charge in [-0.1, -0.05) is 37.3 Å². The van der Waals surface area contributed by atoms with Crippen LogP contribution in [-0.2, 0) is 4.74 Å². The molecule has 1 aromatic rings. The molecular weight excluding hydrogens is 216 g/mol. The van der Waals surface area contributed by atoms with Crippen molar-refractivity contribution < 1.29 is 9.53 Å². The van der Waals surface area contributed by atoms with Gasteiger partial charge in [-0.2, -0.15) is 0 Å². The van der Waals surface area contributed by atoms with Crippen molar-refractivity contribution in [2.24, 2.45) is 0 Å². The van der Waals surface area contributed by atoms with Crippen LogP contribution < -0.4 is 10.6 Å². The number of amides is 2. The molecule has 0 radical (unpaired) electrons. The van der Waals surface area contributed by atoms with Gasteiger partial charge in [-0.25, -0.2) is 4.79 Å². The molecule has 1 unspecified atom stereocenters. The predicted octanol–water partition coefficient (Wildman–Crippen LogP) is 1.74. The molecule has 4 nitrogen and oxygen atoms in total. The molecule has 0 aliphatic heterocycles. The molecule has 1 aromatic carbocycles. The molecule has 17 heavy (non-hydrogen) atoms. The molecule has 0 aromatic heterocycles. The number of urea groups is 1. The monoisotopic (exact) mass is 236 g/mol. The van der Waals surface area contributed by atoms with Gasteiger partial charge in [0.1, 0.15) is 0 Å². The van der Waals surface area contributed by atoms with E-state index >= 15 is 0 Å². The number of carbonyl (C=O) groups is 1. The third-order valence-corrected chi connectivity index (χ3v) is 2.53. The summed E-state index contributed by atoms with van der Waals surface area (Å²) >= 11 is 0. The lowest BCUT2D eigenvalue weighted by Gasteiger charge is -2.13. The maximum absolute atomic E-state index is 11.4. The van der Waals surface area contributed by atoms with Crippen molar-refractivity contribution in [2.45, 2.75) is 12.8 Å². The van der Waals surface area contributed by atoms with Crippen molar-refractivity contribution in [1.82, 2.24) is 10.6 Å². The summed E-state index contributed by atoms with van der Waals surface area (Å²) in [5.41, 5.74) is 1.23. The van der Waals surface area contributed by atoms with Gasteiger partial charge in [0.15, 0.2) is 0 Å². The number of rotatable bonds is 6. The molecule has 1 rings (SSSR count). The summed E-state index contributed by atoms with van der Waals surface area (Å²) in [6.07, 6.45) is 0. The lowest BCUT2D eigenvalue weighted by Crippen LogP contribution is -2.38. The molecular formula is C13H20N2O2. The molecule has 0 aliphatic rings. The molecule has 0 saturated carbocycles. The van der Waals surface area contributed by atoms with Crippen LogP contribution in [0.2, 0.25) is 0 Å². The standard InChI is InChI=1S/C13H20N2O2/c1-11(12-6-4-3-5-7-12)10-15-13(16)14-8-9-17-2/h3-7,11H,8-10H2,1-2H3,(H2,14,15,16). The minimum Gasteiger partial charge on any atom is -0.383 e. The Balaban J connectivity index is 2.24. The Bertz CT molecular complexity index is 327. The first-order valence-corrected chi connectivity index (χ1v) is 5.79. The minimum absolute atomic E-state index is 0.148. The molecule has 0 heterocycles. The van der Waals surface area contributed by atoms with Crippen LogP contribution >= 0.6 is 0 Å². The van der Waals surface area contributed by atoms with Gasteiger partial charge in [0.2, 0.25) is 0 Å². The maximum atomic E-state index is 11.4. The second kappa shape index (κ2) is 7.68. The molecule has 0 bridgehead atoms. The van der Waals surface area contributed by atoms with Crippen molar-refractivity contribution in [1.29, 1.82) is 0 Å². The summed E-state index contributed by atoms with van der Waals surface area (Å²) < 4.78 is 4.84. The summed E-state index contributed by atoms with van der Waals surface area (Å²) in [4.78, 5) is 11.4. The molecule has 94 valence electrons. The molecule has 0 aliphatic carbocycles. The second-order valence-corrected chi connectivity index (χ2v) is 3.94. The largest absolute Gasteiger partial charge is 0.383 e. The van der Waals surface area contributed by atoms with Gasteiger partial charge in [0.05, 0.1) is 6.61 Å². The van der Waals surface area contributed by atoms with Gasteiger partial charge in [-0.15, -0.1) is 0 Å². The molecule has 0 saturated heterocycles. The SMILES string of the molecule is COCCNC(=O)NCC(C)c1ccccc1. The van der Waals surface area contributed by atoms with Crippen LogP contribution in [0.3, 0.4) is 0 Å². The second-order valence-electron chi connectivity index (χ2n) is 3.94. The minimum atomic E-state index is -0.148. The van der Waals surface area contributed by atoms with E-state index in [1.54, 1.807) is 7.11 Å². The topological polar surface area (TPSA) is 50.4 Å². The number of methoxy groups -OCH3 is 1. The highest BCUT2D eigenvalue weighted by molar-refractivity contribution is 5.73. The molecule has 0 fully saturated rings. The number of benzene rings is 1. The fraction of sp³-hybridized carbons (Fsp3) is 0.462. The first-order chi connectivity index (χ1) is 8.24. The highest BCUT2D eigenvalue weighted by Gasteiger charge is 2.06. The van der Waals surface area contributed by atoms with Crippen LogP contribution in [-0.4, -0.2) is 32.8 Å². The fourth-order valence-corrected chi connectivity index (χ4v) is 1.47. The maximum Gasteiger partial charge on any atom is 0.314 e. The third-order valence-electron chi connectivity index (χ3n) is 2.53. The first kappa shape index (κ1) is 13.5. The van der Waals surface area contributed by atoms with Crippen LogP contribution in [0.15, 0.2) is 30.3 Å². The van der Waals surface area contributed by atoms with Gasteiger partial charge in [-0.3, -0.25) is 0 Å². The van der Waals surface area contributed by atoms with Crippen LogP contribution in [0, 0.1) is 0 Å². The van der Waals surface area contributed by atoms with Gasteiger partial charge in [0, 0.05) is 20.2 Å². The summed E-state index contributed by atoms with van der Waals surface area (Å²) in [5, 5.41) is 5.55. The van der Waals surface area contributed by atoms with Crippen LogP contribution in [0.5, 0.6) is 0 Å².